The van der Waals surface area contributed by atoms with Crippen LogP contribution in [0.4, 0.5) is 5.95 Å². The molecule has 3 N–H and O–H groups in total. The zero-order valence-corrected chi connectivity index (χ0v) is 9.36. The molecule has 0 aliphatic rings. The van der Waals surface area contributed by atoms with Gasteiger partial charge in [0.15, 0.2) is 0 Å². The smallest absolute Gasteiger partial charge is 0.225 e. The normalized spacial score (nSPS) is 12.2. The fourth-order valence-corrected chi connectivity index (χ4v) is 1.17. The van der Waals surface area contributed by atoms with E-state index in [1.54, 1.807) is 12.4 Å². The highest BCUT2D eigenvalue weighted by atomic mass is 15.2. The van der Waals surface area contributed by atoms with Crippen LogP contribution in [-0.4, -0.2) is 29.4 Å². The lowest BCUT2D eigenvalue weighted by molar-refractivity contribution is 0.713. The molecule has 0 spiro atoms. The molecule has 1 heterocycles. The van der Waals surface area contributed by atoms with E-state index >= 15 is 0 Å². The summed E-state index contributed by atoms with van der Waals surface area (Å²) in [6, 6.07) is 0. The summed E-state index contributed by atoms with van der Waals surface area (Å²) in [4.78, 5) is 10.3. The number of hydrogen-bond acceptors (Lipinski definition) is 4. The first-order chi connectivity index (χ1) is 7.00. The van der Waals surface area contributed by atoms with E-state index in [-0.39, 0.29) is 11.8 Å². The van der Waals surface area contributed by atoms with E-state index < -0.39 is 0 Å². The molecule has 0 fully saturated rings. The average molecular weight is 207 g/mol. The Morgan fingerprint density at radius 1 is 1.53 bits per heavy atom. The molecule has 5 heteroatoms. The van der Waals surface area contributed by atoms with Gasteiger partial charge in [-0.2, -0.15) is 0 Å². The molecule has 0 amide bonds. The Kier molecular flexibility index (Phi) is 3.60. The van der Waals surface area contributed by atoms with Crippen molar-refractivity contribution in [2.75, 3.05) is 18.5 Å². The van der Waals surface area contributed by atoms with Crippen molar-refractivity contribution in [3.63, 3.8) is 0 Å². The quantitative estimate of drug-likeness (QED) is 0.565. The highest BCUT2D eigenvalue weighted by Crippen LogP contribution is 2.07. The second-order valence-corrected chi connectivity index (χ2v) is 3.80. The van der Waals surface area contributed by atoms with Crippen LogP contribution in [0.15, 0.2) is 12.4 Å². The number of hydrogen-bond donors (Lipinski definition) is 2. The summed E-state index contributed by atoms with van der Waals surface area (Å²) in [5, 5.41) is 7.30. The van der Waals surface area contributed by atoms with Crippen molar-refractivity contribution in [3.05, 3.63) is 18.0 Å². The zero-order chi connectivity index (χ0) is 11.4. The lowest BCUT2D eigenvalue weighted by Gasteiger charge is -2.20. The molecular formula is C10H17N5. The molecule has 1 aromatic rings. The molecule has 1 rings (SSSR count). The van der Waals surface area contributed by atoms with Gasteiger partial charge in [-0.15, -0.1) is 0 Å². The molecule has 15 heavy (non-hydrogen) atoms. The molecule has 1 unspecified atom stereocenters. The minimum atomic E-state index is 0.0138. The summed E-state index contributed by atoms with van der Waals surface area (Å²) in [7, 11) is 1.89. The predicted molar refractivity (Wildman–Crippen MR) is 61.1 cm³/mol. The Balaban J connectivity index is 2.64. The maximum absolute atomic E-state index is 7.30. The largest absolute Gasteiger partial charge is 0.387 e. The first-order valence-corrected chi connectivity index (χ1v) is 4.84. The van der Waals surface area contributed by atoms with Crippen molar-refractivity contribution in [2.45, 2.75) is 13.8 Å². The summed E-state index contributed by atoms with van der Waals surface area (Å²) in [5.74, 6) is 0.863. The van der Waals surface area contributed by atoms with Crippen LogP contribution in [0.1, 0.15) is 12.5 Å². The molecule has 0 aliphatic carbocycles. The molecule has 1 aromatic heterocycles. The summed E-state index contributed by atoms with van der Waals surface area (Å²) >= 11 is 0. The van der Waals surface area contributed by atoms with Crippen LogP contribution in [0.5, 0.6) is 0 Å². The molecule has 1 atom stereocenters. The summed E-state index contributed by atoms with van der Waals surface area (Å²) in [5.41, 5.74) is 6.44. The van der Waals surface area contributed by atoms with Crippen molar-refractivity contribution < 1.29 is 0 Å². The van der Waals surface area contributed by atoms with Gasteiger partial charge in [0.2, 0.25) is 5.95 Å². The molecule has 0 aliphatic heterocycles. The van der Waals surface area contributed by atoms with E-state index in [1.165, 1.54) is 0 Å². The van der Waals surface area contributed by atoms with Gasteiger partial charge in [0.25, 0.3) is 0 Å². The molecular weight excluding hydrogens is 190 g/mol. The number of anilines is 1. The van der Waals surface area contributed by atoms with Gasteiger partial charge in [0, 0.05) is 31.9 Å². The molecule has 0 aromatic carbocycles. The maximum Gasteiger partial charge on any atom is 0.225 e. The lowest BCUT2D eigenvalue weighted by atomic mass is 10.1. The minimum Gasteiger partial charge on any atom is -0.387 e. The second kappa shape index (κ2) is 4.72. The van der Waals surface area contributed by atoms with Gasteiger partial charge in [-0.05, 0) is 12.5 Å². The third kappa shape index (κ3) is 3.19. The molecule has 0 saturated carbocycles. The number of amidine groups is 1. The Bertz CT molecular complexity index is 332. The van der Waals surface area contributed by atoms with Crippen molar-refractivity contribution in [1.82, 2.24) is 9.97 Å². The van der Waals surface area contributed by atoms with Crippen molar-refractivity contribution in [2.24, 2.45) is 11.7 Å². The first kappa shape index (κ1) is 11.4. The molecule has 5 nitrogen and oxygen atoms in total. The molecule has 0 saturated heterocycles. The van der Waals surface area contributed by atoms with Crippen LogP contribution in [0, 0.1) is 18.3 Å². The summed E-state index contributed by atoms with van der Waals surface area (Å²) in [6.07, 6.45) is 3.55. The Hall–Kier alpha value is -1.65. The molecule has 82 valence electrons. The summed E-state index contributed by atoms with van der Waals surface area (Å²) in [6.45, 7) is 4.51. The van der Waals surface area contributed by atoms with Gasteiger partial charge in [-0.1, -0.05) is 6.92 Å². The zero-order valence-electron chi connectivity index (χ0n) is 9.36. The first-order valence-electron chi connectivity index (χ1n) is 4.84. The fourth-order valence-electron chi connectivity index (χ4n) is 1.17. The van der Waals surface area contributed by atoms with Crippen molar-refractivity contribution in [1.29, 1.82) is 5.41 Å². The van der Waals surface area contributed by atoms with E-state index in [0.29, 0.717) is 12.5 Å². The van der Waals surface area contributed by atoms with Gasteiger partial charge in [0.1, 0.15) is 0 Å². The SMILES string of the molecule is Cc1cnc(N(C)CC(C)C(=N)N)nc1. The number of nitrogens with zero attached hydrogens (tertiary/aromatic N) is 3. The monoisotopic (exact) mass is 207 g/mol. The van der Waals surface area contributed by atoms with E-state index in [4.69, 9.17) is 11.1 Å². The van der Waals surface area contributed by atoms with Crippen LogP contribution in [-0.2, 0) is 0 Å². The number of rotatable bonds is 4. The Labute approximate surface area is 89.8 Å². The average Bonchev–Trinajstić information content (AvgIpc) is 2.18. The van der Waals surface area contributed by atoms with E-state index in [9.17, 15) is 0 Å². The number of nitrogens with two attached hydrogens (primary N) is 1. The third-order valence-corrected chi connectivity index (χ3v) is 2.19. The van der Waals surface area contributed by atoms with Gasteiger partial charge in [-0.3, -0.25) is 5.41 Å². The lowest BCUT2D eigenvalue weighted by Crippen LogP contribution is -2.32. The van der Waals surface area contributed by atoms with Crippen molar-refractivity contribution in [3.8, 4) is 0 Å². The number of nitrogens with one attached hydrogen (secondary N) is 1. The Morgan fingerprint density at radius 3 is 2.53 bits per heavy atom. The number of aromatic nitrogens is 2. The van der Waals surface area contributed by atoms with E-state index in [0.717, 1.165) is 5.56 Å². The molecule has 0 bridgehead atoms. The van der Waals surface area contributed by atoms with Crippen LogP contribution in [0.2, 0.25) is 0 Å². The standard InChI is InChI=1S/C10H17N5/c1-7-4-13-10(14-5-7)15(3)6-8(2)9(11)12/h4-5,8H,6H2,1-3H3,(H3,11,12). The second-order valence-electron chi connectivity index (χ2n) is 3.80. The van der Waals surface area contributed by atoms with Crippen molar-refractivity contribution >= 4 is 11.8 Å². The number of aryl methyl sites for hydroxylation is 1. The fraction of sp³-hybridized carbons (Fsp3) is 0.500. The molecule has 0 radical (unpaired) electrons. The van der Waals surface area contributed by atoms with Crippen LogP contribution < -0.4 is 10.6 Å². The summed E-state index contributed by atoms with van der Waals surface area (Å²) < 4.78 is 0. The maximum atomic E-state index is 7.30. The van der Waals surface area contributed by atoms with Gasteiger partial charge in [0.05, 0.1) is 5.84 Å². The van der Waals surface area contributed by atoms with Gasteiger partial charge < -0.3 is 10.6 Å². The highest BCUT2D eigenvalue weighted by molar-refractivity contribution is 5.79. The van der Waals surface area contributed by atoms with Crippen LogP contribution >= 0.6 is 0 Å². The Morgan fingerprint density at radius 2 is 2.07 bits per heavy atom. The van der Waals surface area contributed by atoms with Crippen LogP contribution in [0.25, 0.3) is 0 Å². The third-order valence-electron chi connectivity index (χ3n) is 2.19. The van der Waals surface area contributed by atoms with E-state index in [1.807, 2.05) is 25.8 Å². The topological polar surface area (TPSA) is 78.9 Å². The predicted octanol–water partition coefficient (Wildman–Crippen LogP) is 0.793. The highest BCUT2D eigenvalue weighted by Gasteiger charge is 2.10. The van der Waals surface area contributed by atoms with Gasteiger partial charge in [-0.25, -0.2) is 9.97 Å². The van der Waals surface area contributed by atoms with E-state index in [2.05, 4.69) is 9.97 Å². The van der Waals surface area contributed by atoms with Gasteiger partial charge >= 0.3 is 0 Å². The van der Waals surface area contributed by atoms with Crippen LogP contribution in [0.3, 0.4) is 0 Å². The minimum absolute atomic E-state index is 0.0138.